The molecule has 1 rings (SSSR count). The summed E-state index contributed by atoms with van der Waals surface area (Å²) in [4.78, 5) is 13.5. The van der Waals surface area contributed by atoms with Crippen molar-refractivity contribution < 1.29 is 4.79 Å². The van der Waals surface area contributed by atoms with Gasteiger partial charge in [0.15, 0.2) is 0 Å². The number of carbonyl (C=O) groups excluding carboxylic acids is 1. The summed E-state index contributed by atoms with van der Waals surface area (Å²) in [5.74, 6) is 0.0704. The molecule has 118 valence electrons. The summed E-state index contributed by atoms with van der Waals surface area (Å²) in [6, 6.07) is 7.51. The normalized spacial score (nSPS) is 14.4. The third-order valence-electron chi connectivity index (χ3n) is 3.42. The third kappa shape index (κ3) is 5.65. The van der Waals surface area contributed by atoms with E-state index in [4.69, 9.17) is 23.1 Å². The fourth-order valence-electron chi connectivity index (χ4n) is 2.59. The van der Waals surface area contributed by atoms with Crippen LogP contribution in [0.15, 0.2) is 24.3 Å². The van der Waals surface area contributed by atoms with Crippen molar-refractivity contribution in [2.24, 2.45) is 17.4 Å². The van der Waals surface area contributed by atoms with Crippen LogP contribution in [0.1, 0.15) is 38.8 Å². The molecule has 0 aliphatic carbocycles. The highest BCUT2D eigenvalue weighted by Crippen LogP contribution is 2.27. The van der Waals surface area contributed by atoms with Crippen LogP contribution in [0, 0.1) is 5.92 Å². The van der Waals surface area contributed by atoms with E-state index in [9.17, 15) is 4.79 Å². The molecule has 5 heteroatoms. The van der Waals surface area contributed by atoms with E-state index in [1.54, 1.807) is 0 Å². The van der Waals surface area contributed by atoms with E-state index in [1.165, 1.54) is 0 Å². The van der Waals surface area contributed by atoms with E-state index in [-0.39, 0.29) is 24.5 Å². The van der Waals surface area contributed by atoms with Crippen LogP contribution in [0.3, 0.4) is 0 Å². The lowest BCUT2D eigenvalue weighted by Gasteiger charge is -2.36. The predicted molar refractivity (Wildman–Crippen MR) is 88.1 cm³/mol. The SMILES string of the molecule is CCC(N)C(c1cccc(Cl)c1)N(CC(N)=O)CC(C)C. The van der Waals surface area contributed by atoms with E-state index in [1.807, 2.05) is 31.2 Å². The Morgan fingerprint density at radius 3 is 2.52 bits per heavy atom. The molecular weight excluding hydrogens is 286 g/mol. The summed E-state index contributed by atoms with van der Waals surface area (Å²) in [5.41, 5.74) is 12.8. The van der Waals surface area contributed by atoms with Crippen LogP contribution in [-0.4, -0.2) is 29.9 Å². The lowest BCUT2D eigenvalue weighted by Crippen LogP contribution is -2.46. The van der Waals surface area contributed by atoms with Crippen LogP contribution >= 0.6 is 11.6 Å². The summed E-state index contributed by atoms with van der Waals surface area (Å²) >= 11 is 6.10. The molecular formula is C16H26ClN3O. The lowest BCUT2D eigenvalue weighted by atomic mass is 9.95. The summed E-state index contributed by atoms with van der Waals surface area (Å²) in [6.07, 6.45) is 0.810. The monoisotopic (exact) mass is 311 g/mol. The van der Waals surface area contributed by atoms with E-state index in [0.29, 0.717) is 10.9 Å². The van der Waals surface area contributed by atoms with Crippen LogP contribution in [0.5, 0.6) is 0 Å². The quantitative estimate of drug-likeness (QED) is 0.775. The second-order valence-electron chi connectivity index (χ2n) is 5.86. The summed E-state index contributed by atoms with van der Waals surface area (Å²) in [6.45, 7) is 7.22. The average Bonchev–Trinajstić information content (AvgIpc) is 2.37. The van der Waals surface area contributed by atoms with Gasteiger partial charge in [-0.15, -0.1) is 0 Å². The molecule has 2 unspecified atom stereocenters. The maximum Gasteiger partial charge on any atom is 0.231 e. The first-order valence-electron chi connectivity index (χ1n) is 7.38. The molecule has 4 N–H and O–H groups in total. The molecule has 0 aliphatic heterocycles. The molecule has 0 saturated heterocycles. The lowest BCUT2D eigenvalue weighted by molar-refractivity contribution is -0.120. The minimum Gasteiger partial charge on any atom is -0.369 e. The third-order valence-corrected chi connectivity index (χ3v) is 3.65. The van der Waals surface area contributed by atoms with Gasteiger partial charge >= 0.3 is 0 Å². The van der Waals surface area contributed by atoms with Crippen molar-refractivity contribution in [1.82, 2.24) is 4.90 Å². The van der Waals surface area contributed by atoms with Gasteiger partial charge in [0.25, 0.3) is 0 Å². The number of rotatable bonds is 8. The van der Waals surface area contributed by atoms with Gasteiger partial charge in [0.05, 0.1) is 12.6 Å². The summed E-state index contributed by atoms with van der Waals surface area (Å²) < 4.78 is 0. The highest BCUT2D eigenvalue weighted by atomic mass is 35.5. The molecule has 1 aromatic carbocycles. The fraction of sp³-hybridized carbons (Fsp3) is 0.562. The number of nitrogens with two attached hydrogens (primary N) is 2. The van der Waals surface area contributed by atoms with Gasteiger partial charge in [0.1, 0.15) is 0 Å². The van der Waals surface area contributed by atoms with E-state index in [0.717, 1.165) is 18.5 Å². The minimum atomic E-state index is -0.342. The number of hydrogen-bond donors (Lipinski definition) is 2. The Labute approximate surface area is 132 Å². The van der Waals surface area contributed by atoms with Crippen molar-refractivity contribution in [3.8, 4) is 0 Å². The maximum atomic E-state index is 11.4. The zero-order chi connectivity index (χ0) is 16.0. The molecule has 0 saturated carbocycles. The van der Waals surface area contributed by atoms with Crippen molar-refractivity contribution in [3.63, 3.8) is 0 Å². The van der Waals surface area contributed by atoms with Gasteiger partial charge in [-0.1, -0.05) is 44.5 Å². The van der Waals surface area contributed by atoms with Gasteiger partial charge < -0.3 is 11.5 Å². The summed E-state index contributed by atoms with van der Waals surface area (Å²) in [7, 11) is 0. The molecule has 0 aromatic heterocycles. The van der Waals surface area contributed by atoms with Gasteiger partial charge in [-0.25, -0.2) is 0 Å². The first-order valence-corrected chi connectivity index (χ1v) is 7.76. The van der Waals surface area contributed by atoms with Crippen molar-refractivity contribution >= 4 is 17.5 Å². The van der Waals surface area contributed by atoms with Crippen LogP contribution in [0.2, 0.25) is 5.02 Å². The number of amides is 1. The number of hydrogen-bond acceptors (Lipinski definition) is 3. The maximum absolute atomic E-state index is 11.4. The Hall–Kier alpha value is -1.10. The first kappa shape index (κ1) is 18.0. The van der Waals surface area contributed by atoms with Gasteiger partial charge in [-0.05, 0) is 30.0 Å². The van der Waals surface area contributed by atoms with Crippen LogP contribution in [-0.2, 0) is 4.79 Å². The van der Waals surface area contributed by atoms with Gasteiger partial charge in [-0.3, -0.25) is 9.69 Å². The predicted octanol–water partition coefficient (Wildman–Crippen LogP) is 2.56. The second-order valence-corrected chi connectivity index (χ2v) is 6.30. The van der Waals surface area contributed by atoms with E-state index in [2.05, 4.69) is 18.7 Å². The summed E-state index contributed by atoms with van der Waals surface area (Å²) in [5, 5.41) is 0.671. The largest absolute Gasteiger partial charge is 0.369 e. The Kier molecular flexibility index (Phi) is 7.15. The van der Waals surface area contributed by atoms with Gasteiger partial charge in [0, 0.05) is 17.6 Å². The Balaban J connectivity index is 3.15. The van der Waals surface area contributed by atoms with Crippen molar-refractivity contribution in [3.05, 3.63) is 34.9 Å². The van der Waals surface area contributed by atoms with Crippen molar-refractivity contribution in [2.45, 2.75) is 39.3 Å². The van der Waals surface area contributed by atoms with E-state index < -0.39 is 0 Å². The molecule has 0 heterocycles. The smallest absolute Gasteiger partial charge is 0.231 e. The number of halogens is 1. The fourth-order valence-corrected chi connectivity index (χ4v) is 2.79. The number of benzene rings is 1. The molecule has 0 bridgehead atoms. The highest BCUT2D eigenvalue weighted by molar-refractivity contribution is 6.30. The molecule has 2 atom stereocenters. The van der Waals surface area contributed by atoms with Crippen LogP contribution in [0.25, 0.3) is 0 Å². The topological polar surface area (TPSA) is 72.3 Å². The molecule has 1 amide bonds. The molecule has 0 radical (unpaired) electrons. The Morgan fingerprint density at radius 1 is 1.38 bits per heavy atom. The molecule has 0 aliphatic rings. The average molecular weight is 312 g/mol. The van der Waals surface area contributed by atoms with Crippen molar-refractivity contribution in [2.75, 3.05) is 13.1 Å². The Bertz CT molecular complexity index is 465. The number of primary amides is 1. The zero-order valence-electron chi connectivity index (χ0n) is 13.1. The molecule has 0 fully saturated rings. The Morgan fingerprint density at radius 2 is 2.05 bits per heavy atom. The van der Waals surface area contributed by atoms with Gasteiger partial charge in [0.2, 0.25) is 5.91 Å². The number of nitrogens with zero attached hydrogens (tertiary/aromatic N) is 1. The standard InChI is InChI=1S/C16H26ClN3O/c1-4-14(18)16(12-6-5-7-13(17)8-12)20(9-11(2)3)10-15(19)21/h5-8,11,14,16H,4,9-10,18H2,1-3H3,(H2,19,21). The molecule has 4 nitrogen and oxygen atoms in total. The second kappa shape index (κ2) is 8.37. The first-order chi connectivity index (χ1) is 9.85. The van der Waals surface area contributed by atoms with E-state index >= 15 is 0 Å². The molecule has 21 heavy (non-hydrogen) atoms. The van der Waals surface area contributed by atoms with Crippen LogP contribution < -0.4 is 11.5 Å². The number of carbonyl (C=O) groups is 1. The van der Waals surface area contributed by atoms with Gasteiger partial charge in [-0.2, -0.15) is 0 Å². The molecule has 1 aromatic rings. The zero-order valence-corrected chi connectivity index (χ0v) is 13.8. The minimum absolute atomic E-state index is 0.0661. The molecule has 0 spiro atoms. The van der Waals surface area contributed by atoms with Crippen LogP contribution in [0.4, 0.5) is 0 Å². The highest BCUT2D eigenvalue weighted by Gasteiger charge is 2.27. The van der Waals surface area contributed by atoms with Crippen molar-refractivity contribution in [1.29, 1.82) is 0 Å².